The molecule has 2 rings (SSSR count). The molecule has 0 aliphatic carbocycles. The van der Waals surface area contributed by atoms with Gasteiger partial charge in [0.25, 0.3) is 0 Å². The molecule has 2 N–H and O–H groups in total. The van der Waals surface area contributed by atoms with Crippen molar-refractivity contribution in [1.82, 2.24) is 10.2 Å². The predicted octanol–water partition coefficient (Wildman–Crippen LogP) is 2.57. The first-order chi connectivity index (χ1) is 9.56. The molecule has 0 atom stereocenters. The summed E-state index contributed by atoms with van der Waals surface area (Å²) >= 11 is 0. The average Bonchev–Trinajstić information content (AvgIpc) is 2.73. The quantitative estimate of drug-likeness (QED) is 0.882. The van der Waals surface area contributed by atoms with Crippen molar-refractivity contribution in [3.8, 4) is 5.75 Å². The largest absolute Gasteiger partial charge is 0.493 e. The van der Waals surface area contributed by atoms with Gasteiger partial charge in [0.1, 0.15) is 11.6 Å². The fourth-order valence-corrected chi connectivity index (χ4v) is 1.59. The van der Waals surface area contributed by atoms with E-state index in [4.69, 9.17) is 4.74 Å². The topological polar surface area (TPSA) is 67.0 Å². The second-order valence-electron chi connectivity index (χ2n) is 4.42. The van der Waals surface area contributed by atoms with Crippen molar-refractivity contribution in [2.45, 2.75) is 20.3 Å². The molecule has 6 heteroatoms. The Morgan fingerprint density at radius 3 is 2.65 bits per heavy atom. The molecule has 20 heavy (non-hydrogen) atoms. The molecule has 1 aromatic heterocycles. The zero-order valence-corrected chi connectivity index (χ0v) is 11.4. The van der Waals surface area contributed by atoms with E-state index in [2.05, 4.69) is 15.5 Å². The minimum Gasteiger partial charge on any atom is -0.493 e. The monoisotopic (exact) mass is 277 g/mol. The summed E-state index contributed by atoms with van der Waals surface area (Å²) in [6.45, 7) is 3.99. The number of benzene rings is 1. The maximum atomic E-state index is 12.7. The number of aromatic nitrogens is 2. The fourth-order valence-electron chi connectivity index (χ4n) is 1.59. The van der Waals surface area contributed by atoms with Crippen LogP contribution in [0.3, 0.4) is 0 Å². The highest BCUT2D eigenvalue weighted by atomic mass is 19.1. The summed E-state index contributed by atoms with van der Waals surface area (Å²) in [5, 5.41) is 9.49. The van der Waals surface area contributed by atoms with Crippen molar-refractivity contribution in [1.29, 1.82) is 0 Å². The van der Waals surface area contributed by atoms with Crippen LogP contribution in [0, 0.1) is 19.7 Å². The molecule has 1 heterocycles. The van der Waals surface area contributed by atoms with Gasteiger partial charge in [0.15, 0.2) is 5.82 Å². The molecular formula is C14H16FN3O2. The van der Waals surface area contributed by atoms with Crippen LogP contribution in [0.15, 0.2) is 24.3 Å². The van der Waals surface area contributed by atoms with Crippen LogP contribution in [0.2, 0.25) is 0 Å². The summed E-state index contributed by atoms with van der Waals surface area (Å²) in [5.41, 5.74) is 1.83. The van der Waals surface area contributed by atoms with Crippen molar-refractivity contribution < 1.29 is 13.9 Å². The van der Waals surface area contributed by atoms with Gasteiger partial charge in [-0.2, -0.15) is 5.10 Å². The van der Waals surface area contributed by atoms with Gasteiger partial charge in [0.2, 0.25) is 5.91 Å². The van der Waals surface area contributed by atoms with Crippen LogP contribution in [-0.2, 0) is 4.79 Å². The number of anilines is 1. The Morgan fingerprint density at radius 1 is 1.35 bits per heavy atom. The summed E-state index contributed by atoms with van der Waals surface area (Å²) in [4.78, 5) is 11.7. The molecule has 2 aromatic rings. The van der Waals surface area contributed by atoms with Gasteiger partial charge >= 0.3 is 0 Å². The van der Waals surface area contributed by atoms with Crippen LogP contribution in [-0.4, -0.2) is 22.7 Å². The molecule has 5 nitrogen and oxygen atoms in total. The van der Waals surface area contributed by atoms with E-state index < -0.39 is 0 Å². The SMILES string of the molecule is Cc1[nH]nc(NC(=O)CCOc2ccc(F)cc2)c1C. The number of aryl methyl sites for hydroxylation is 1. The van der Waals surface area contributed by atoms with Crippen molar-refractivity contribution in [3.63, 3.8) is 0 Å². The van der Waals surface area contributed by atoms with E-state index in [1.54, 1.807) is 0 Å². The number of H-pyrrole nitrogens is 1. The lowest BCUT2D eigenvalue weighted by Gasteiger charge is -2.06. The molecule has 106 valence electrons. The number of halogens is 1. The van der Waals surface area contributed by atoms with E-state index in [0.717, 1.165) is 11.3 Å². The highest BCUT2D eigenvalue weighted by Gasteiger charge is 2.09. The van der Waals surface area contributed by atoms with Gasteiger partial charge < -0.3 is 10.1 Å². The Balaban J connectivity index is 1.78. The van der Waals surface area contributed by atoms with Crippen LogP contribution >= 0.6 is 0 Å². The van der Waals surface area contributed by atoms with Gasteiger partial charge in [-0.3, -0.25) is 9.89 Å². The molecule has 0 radical (unpaired) electrons. The van der Waals surface area contributed by atoms with Crippen LogP contribution in [0.1, 0.15) is 17.7 Å². The standard InChI is InChI=1S/C14H16FN3O2/c1-9-10(2)17-18-14(9)16-13(19)7-8-20-12-5-3-11(15)4-6-12/h3-6H,7-8H2,1-2H3,(H2,16,17,18,19). The predicted molar refractivity (Wildman–Crippen MR) is 73.2 cm³/mol. The van der Waals surface area contributed by atoms with Gasteiger partial charge in [0, 0.05) is 11.3 Å². The fraction of sp³-hybridized carbons (Fsp3) is 0.286. The van der Waals surface area contributed by atoms with Gasteiger partial charge in [-0.05, 0) is 38.1 Å². The number of aromatic amines is 1. The third-order valence-electron chi connectivity index (χ3n) is 2.92. The minimum absolute atomic E-state index is 0.179. The van der Waals surface area contributed by atoms with Crippen molar-refractivity contribution >= 4 is 11.7 Å². The summed E-state index contributed by atoms with van der Waals surface area (Å²) in [6.07, 6.45) is 0.197. The molecular weight excluding hydrogens is 261 g/mol. The van der Waals surface area contributed by atoms with E-state index in [9.17, 15) is 9.18 Å². The van der Waals surface area contributed by atoms with Gasteiger partial charge in [-0.15, -0.1) is 0 Å². The summed E-state index contributed by atoms with van der Waals surface area (Å²) in [5.74, 6) is 0.571. The maximum Gasteiger partial charge on any atom is 0.229 e. The highest BCUT2D eigenvalue weighted by molar-refractivity contribution is 5.90. The number of carbonyl (C=O) groups excluding carboxylic acids is 1. The number of rotatable bonds is 5. The van der Waals surface area contributed by atoms with Crippen molar-refractivity contribution in [3.05, 3.63) is 41.3 Å². The maximum absolute atomic E-state index is 12.7. The van der Waals surface area contributed by atoms with E-state index in [1.165, 1.54) is 24.3 Å². The normalized spacial score (nSPS) is 10.3. The number of carbonyl (C=O) groups is 1. The molecule has 0 saturated carbocycles. The first-order valence-corrected chi connectivity index (χ1v) is 6.26. The third-order valence-corrected chi connectivity index (χ3v) is 2.92. The Labute approximate surface area is 116 Å². The van der Waals surface area contributed by atoms with E-state index >= 15 is 0 Å². The molecule has 0 fully saturated rings. The molecule has 0 saturated heterocycles. The smallest absolute Gasteiger partial charge is 0.229 e. The van der Waals surface area contributed by atoms with Gasteiger partial charge in [-0.25, -0.2) is 4.39 Å². The van der Waals surface area contributed by atoms with Crippen LogP contribution in [0.25, 0.3) is 0 Å². The first kappa shape index (κ1) is 14.0. The van der Waals surface area contributed by atoms with Crippen LogP contribution in [0.4, 0.5) is 10.2 Å². The Bertz CT molecular complexity index is 593. The number of amides is 1. The Morgan fingerprint density at radius 2 is 2.05 bits per heavy atom. The number of hydrogen-bond donors (Lipinski definition) is 2. The summed E-state index contributed by atoms with van der Waals surface area (Å²) in [7, 11) is 0. The Hall–Kier alpha value is -2.37. The minimum atomic E-state index is -0.320. The number of ether oxygens (including phenoxy) is 1. The zero-order valence-electron chi connectivity index (χ0n) is 11.4. The molecule has 0 aliphatic heterocycles. The lowest BCUT2D eigenvalue weighted by Crippen LogP contribution is -2.16. The third kappa shape index (κ3) is 3.57. The number of hydrogen-bond acceptors (Lipinski definition) is 3. The van der Waals surface area contributed by atoms with Crippen LogP contribution < -0.4 is 10.1 Å². The average molecular weight is 277 g/mol. The van der Waals surface area contributed by atoms with E-state index in [0.29, 0.717) is 11.6 Å². The lowest BCUT2D eigenvalue weighted by atomic mass is 10.3. The van der Waals surface area contributed by atoms with E-state index in [-0.39, 0.29) is 24.8 Å². The van der Waals surface area contributed by atoms with Crippen molar-refractivity contribution in [2.75, 3.05) is 11.9 Å². The van der Waals surface area contributed by atoms with Crippen molar-refractivity contribution in [2.24, 2.45) is 0 Å². The molecule has 1 aromatic carbocycles. The molecule has 0 bridgehead atoms. The summed E-state index contributed by atoms with van der Waals surface area (Å²) in [6, 6.07) is 5.67. The zero-order chi connectivity index (χ0) is 14.5. The second kappa shape index (κ2) is 6.18. The second-order valence-corrected chi connectivity index (χ2v) is 4.42. The number of nitrogens with zero attached hydrogens (tertiary/aromatic N) is 1. The number of nitrogens with one attached hydrogen (secondary N) is 2. The lowest BCUT2D eigenvalue weighted by molar-refractivity contribution is -0.116. The van der Waals surface area contributed by atoms with Crippen LogP contribution in [0.5, 0.6) is 5.75 Å². The molecule has 1 amide bonds. The Kier molecular flexibility index (Phi) is 4.34. The molecule has 0 unspecified atom stereocenters. The molecule has 0 spiro atoms. The van der Waals surface area contributed by atoms with Gasteiger partial charge in [0.05, 0.1) is 13.0 Å². The van der Waals surface area contributed by atoms with Gasteiger partial charge in [-0.1, -0.05) is 0 Å². The molecule has 0 aliphatic rings. The highest BCUT2D eigenvalue weighted by Crippen LogP contribution is 2.14. The van der Waals surface area contributed by atoms with E-state index in [1.807, 2.05) is 13.8 Å². The summed E-state index contributed by atoms with van der Waals surface area (Å²) < 4.78 is 18.0. The first-order valence-electron chi connectivity index (χ1n) is 6.26.